The number of carbonyl (C=O) groups is 2. The van der Waals surface area contributed by atoms with Crippen LogP contribution in [0.4, 0.5) is 0 Å². The molecule has 1 aromatic carbocycles. The van der Waals surface area contributed by atoms with E-state index >= 15 is 0 Å². The monoisotopic (exact) mass is 354 g/mol. The summed E-state index contributed by atoms with van der Waals surface area (Å²) in [5.74, 6) is -0.356. The first-order chi connectivity index (χ1) is 11.5. The van der Waals surface area contributed by atoms with Gasteiger partial charge in [-0.1, -0.05) is 44.7 Å². The Labute approximate surface area is 149 Å². The van der Waals surface area contributed by atoms with E-state index in [9.17, 15) is 9.59 Å². The summed E-state index contributed by atoms with van der Waals surface area (Å²) in [6.07, 6.45) is 4.83. The molecular weight excluding hydrogens is 328 g/mol. The Morgan fingerprint density at radius 3 is 2.42 bits per heavy atom. The Morgan fingerprint density at radius 1 is 1.08 bits per heavy atom. The summed E-state index contributed by atoms with van der Waals surface area (Å²) < 4.78 is 10.7. The second-order valence-electron chi connectivity index (χ2n) is 5.93. The van der Waals surface area contributed by atoms with E-state index in [2.05, 4.69) is 13.8 Å². The summed E-state index contributed by atoms with van der Waals surface area (Å²) in [7, 11) is 0. The molecule has 0 aromatic heterocycles. The van der Waals surface area contributed by atoms with Crippen molar-refractivity contribution in [2.75, 3.05) is 0 Å². The van der Waals surface area contributed by atoms with E-state index in [0.29, 0.717) is 10.8 Å². The lowest BCUT2D eigenvalue weighted by atomic mass is 10.1. The summed E-state index contributed by atoms with van der Waals surface area (Å²) in [6, 6.07) is 5.00. The van der Waals surface area contributed by atoms with Crippen LogP contribution >= 0.6 is 11.6 Å². The van der Waals surface area contributed by atoms with Crippen LogP contribution in [-0.2, 0) is 14.3 Å². The molecule has 1 rings (SSSR count). The van der Waals surface area contributed by atoms with Gasteiger partial charge in [-0.05, 0) is 43.5 Å². The van der Waals surface area contributed by atoms with Gasteiger partial charge in [0, 0.05) is 5.02 Å². The molecule has 0 bridgehead atoms. The van der Waals surface area contributed by atoms with Crippen molar-refractivity contribution < 1.29 is 19.1 Å². The molecule has 0 amide bonds. The predicted molar refractivity (Wildman–Crippen MR) is 95.4 cm³/mol. The molecule has 0 heterocycles. The normalized spacial score (nSPS) is 11.8. The van der Waals surface area contributed by atoms with Gasteiger partial charge in [0.2, 0.25) is 0 Å². The summed E-state index contributed by atoms with van der Waals surface area (Å²) in [5.41, 5.74) is 0.833. The van der Waals surface area contributed by atoms with E-state index in [0.717, 1.165) is 37.7 Å². The van der Waals surface area contributed by atoms with E-state index in [1.807, 2.05) is 6.92 Å². The van der Waals surface area contributed by atoms with Crippen molar-refractivity contribution in [1.29, 1.82) is 0 Å². The molecule has 134 valence electrons. The topological polar surface area (TPSA) is 52.6 Å². The van der Waals surface area contributed by atoms with E-state index < -0.39 is 5.97 Å². The van der Waals surface area contributed by atoms with Crippen molar-refractivity contribution in [2.45, 2.75) is 71.8 Å². The highest BCUT2D eigenvalue weighted by atomic mass is 35.5. The van der Waals surface area contributed by atoms with Crippen molar-refractivity contribution in [3.05, 3.63) is 28.8 Å². The number of aryl methyl sites for hydroxylation is 1. The first-order valence-corrected chi connectivity index (χ1v) is 9.00. The molecule has 1 atom stereocenters. The predicted octanol–water partition coefficient (Wildman–Crippen LogP) is 5.24. The van der Waals surface area contributed by atoms with Crippen molar-refractivity contribution in [1.82, 2.24) is 0 Å². The van der Waals surface area contributed by atoms with E-state index in [-0.39, 0.29) is 24.9 Å². The average molecular weight is 355 g/mol. The molecule has 5 heteroatoms. The molecule has 0 radical (unpaired) electrons. The Bertz CT molecular complexity index is 542. The van der Waals surface area contributed by atoms with Gasteiger partial charge >= 0.3 is 11.9 Å². The molecule has 0 N–H and O–H groups in total. The summed E-state index contributed by atoms with van der Waals surface area (Å²) in [4.78, 5) is 23.7. The molecule has 0 aliphatic heterocycles. The summed E-state index contributed by atoms with van der Waals surface area (Å²) in [5, 5.41) is 0.618. The summed E-state index contributed by atoms with van der Waals surface area (Å²) >= 11 is 5.93. The molecule has 24 heavy (non-hydrogen) atoms. The Hall–Kier alpha value is -1.55. The first-order valence-electron chi connectivity index (χ1n) is 8.62. The minimum Gasteiger partial charge on any atom is -0.462 e. The Balaban J connectivity index is 2.39. The van der Waals surface area contributed by atoms with Gasteiger partial charge in [-0.25, -0.2) is 0 Å². The Kier molecular flexibility index (Phi) is 9.46. The number of carbonyl (C=O) groups excluding carboxylic acids is 2. The maximum atomic E-state index is 11.9. The van der Waals surface area contributed by atoms with Gasteiger partial charge < -0.3 is 9.47 Å². The smallest absolute Gasteiger partial charge is 0.311 e. The SMILES string of the molecule is CCCCC(CCC)OC(=O)CCC(=O)Oc1ccc(Cl)c(C)c1. The van der Waals surface area contributed by atoms with Crippen LogP contribution in [0, 0.1) is 6.92 Å². The van der Waals surface area contributed by atoms with E-state index in [1.165, 1.54) is 0 Å². The van der Waals surface area contributed by atoms with Crippen molar-refractivity contribution >= 4 is 23.5 Å². The molecule has 0 saturated carbocycles. The molecule has 0 fully saturated rings. The van der Waals surface area contributed by atoms with Gasteiger partial charge in [-0.15, -0.1) is 0 Å². The van der Waals surface area contributed by atoms with Gasteiger partial charge in [-0.3, -0.25) is 9.59 Å². The minimum absolute atomic E-state index is 0.00707. The third-order valence-corrected chi connectivity index (χ3v) is 4.11. The molecule has 0 aliphatic rings. The molecule has 0 spiro atoms. The molecule has 0 aliphatic carbocycles. The number of unbranched alkanes of at least 4 members (excludes halogenated alkanes) is 1. The van der Waals surface area contributed by atoms with Gasteiger partial charge in [-0.2, -0.15) is 0 Å². The fourth-order valence-corrected chi connectivity index (χ4v) is 2.45. The number of hydrogen-bond donors (Lipinski definition) is 0. The lowest BCUT2D eigenvalue weighted by molar-refractivity contribution is -0.152. The first kappa shape index (κ1) is 20.5. The fraction of sp³-hybridized carbons (Fsp3) is 0.579. The highest BCUT2D eigenvalue weighted by Crippen LogP contribution is 2.21. The van der Waals surface area contributed by atoms with Crippen molar-refractivity contribution in [2.24, 2.45) is 0 Å². The second kappa shape index (κ2) is 11.1. The lowest BCUT2D eigenvalue weighted by Crippen LogP contribution is -2.19. The summed E-state index contributed by atoms with van der Waals surface area (Å²) in [6.45, 7) is 6.01. The number of halogens is 1. The molecular formula is C19H27ClO4. The highest BCUT2D eigenvalue weighted by Gasteiger charge is 2.15. The number of benzene rings is 1. The average Bonchev–Trinajstić information content (AvgIpc) is 2.54. The molecule has 0 saturated heterocycles. The number of esters is 2. The van der Waals surface area contributed by atoms with Crippen LogP contribution in [0.25, 0.3) is 0 Å². The van der Waals surface area contributed by atoms with Crippen LogP contribution in [0.2, 0.25) is 5.02 Å². The van der Waals surface area contributed by atoms with Gasteiger partial charge in [0.25, 0.3) is 0 Å². The molecule has 1 aromatic rings. The maximum absolute atomic E-state index is 11.9. The number of rotatable bonds is 10. The minimum atomic E-state index is -0.450. The van der Waals surface area contributed by atoms with Crippen LogP contribution in [0.5, 0.6) is 5.75 Å². The van der Waals surface area contributed by atoms with Crippen LogP contribution in [0.3, 0.4) is 0 Å². The third kappa shape index (κ3) is 7.82. The number of hydrogen-bond acceptors (Lipinski definition) is 4. The van der Waals surface area contributed by atoms with Crippen LogP contribution in [0.1, 0.15) is 64.4 Å². The quantitative estimate of drug-likeness (QED) is 0.426. The zero-order valence-corrected chi connectivity index (χ0v) is 15.5. The molecule has 1 unspecified atom stereocenters. The zero-order valence-electron chi connectivity index (χ0n) is 14.8. The largest absolute Gasteiger partial charge is 0.462 e. The standard InChI is InChI=1S/C19H27ClO4/c1-4-6-8-15(7-5-2)23-18(21)11-12-19(22)24-16-9-10-17(20)14(3)13-16/h9-10,13,15H,4-8,11-12H2,1-3H3. The highest BCUT2D eigenvalue weighted by molar-refractivity contribution is 6.31. The van der Waals surface area contributed by atoms with E-state index in [4.69, 9.17) is 21.1 Å². The van der Waals surface area contributed by atoms with Crippen LogP contribution in [0.15, 0.2) is 18.2 Å². The van der Waals surface area contributed by atoms with Gasteiger partial charge in [0.15, 0.2) is 0 Å². The lowest BCUT2D eigenvalue weighted by Gasteiger charge is -2.16. The van der Waals surface area contributed by atoms with Crippen molar-refractivity contribution in [3.63, 3.8) is 0 Å². The van der Waals surface area contributed by atoms with Gasteiger partial charge in [0.05, 0.1) is 12.8 Å². The van der Waals surface area contributed by atoms with Crippen LogP contribution < -0.4 is 4.74 Å². The fourth-order valence-electron chi connectivity index (χ4n) is 2.33. The number of ether oxygens (including phenoxy) is 2. The maximum Gasteiger partial charge on any atom is 0.311 e. The van der Waals surface area contributed by atoms with Gasteiger partial charge in [0.1, 0.15) is 11.9 Å². The Morgan fingerprint density at radius 2 is 1.79 bits per heavy atom. The third-order valence-electron chi connectivity index (χ3n) is 3.68. The molecule has 4 nitrogen and oxygen atoms in total. The van der Waals surface area contributed by atoms with Crippen molar-refractivity contribution in [3.8, 4) is 5.75 Å². The second-order valence-corrected chi connectivity index (χ2v) is 6.34. The van der Waals surface area contributed by atoms with E-state index in [1.54, 1.807) is 18.2 Å². The zero-order chi connectivity index (χ0) is 17.9. The van der Waals surface area contributed by atoms with Crippen LogP contribution in [-0.4, -0.2) is 18.0 Å².